The van der Waals surface area contributed by atoms with Crippen LogP contribution in [0.5, 0.6) is 0 Å². The Kier molecular flexibility index (Phi) is 4.88. The maximum absolute atomic E-state index is 11.7. The first kappa shape index (κ1) is 12.0. The Hall–Kier alpha value is -0.100. The van der Waals surface area contributed by atoms with E-state index in [1.54, 1.807) is 0 Å². The van der Waals surface area contributed by atoms with Gasteiger partial charge in [0.05, 0.1) is 5.56 Å². The number of alkyl halides is 1. The number of halogens is 2. The minimum Gasteiger partial charge on any atom is -0.349 e. The van der Waals surface area contributed by atoms with Gasteiger partial charge in [-0.3, -0.25) is 4.79 Å². The minimum absolute atomic E-state index is 0.0121. The Bertz CT molecular complexity index is 330. The molecule has 1 N–H and O–H groups in total. The molecule has 0 aliphatic rings. The molecule has 1 aromatic carbocycles. The Morgan fingerprint density at radius 2 is 2.21 bits per heavy atom. The second-order valence-electron chi connectivity index (χ2n) is 3.01. The van der Waals surface area contributed by atoms with Crippen molar-refractivity contribution in [2.45, 2.75) is 13.0 Å². The normalized spacial score (nSPS) is 12.2. The lowest BCUT2D eigenvalue weighted by Gasteiger charge is -2.11. The second kappa shape index (κ2) is 5.70. The topological polar surface area (TPSA) is 29.1 Å². The fourth-order valence-corrected chi connectivity index (χ4v) is 1.78. The van der Waals surface area contributed by atoms with Gasteiger partial charge in [-0.05, 0) is 41.6 Å². The molecule has 76 valence electrons. The molecule has 2 nitrogen and oxygen atoms in total. The van der Waals surface area contributed by atoms with Gasteiger partial charge in [-0.15, -0.1) is 0 Å². The molecule has 0 saturated heterocycles. The summed E-state index contributed by atoms with van der Waals surface area (Å²) in [6.45, 7) is 1.96. The molecule has 0 fully saturated rings. The molecule has 0 aromatic heterocycles. The van der Waals surface area contributed by atoms with Crippen LogP contribution in [0, 0.1) is 3.57 Å². The summed E-state index contributed by atoms with van der Waals surface area (Å²) in [4.78, 5) is 11.7. The lowest BCUT2D eigenvalue weighted by atomic mass is 10.2. The van der Waals surface area contributed by atoms with E-state index >= 15 is 0 Å². The van der Waals surface area contributed by atoms with Crippen LogP contribution in [0.1, 0.15) is 17.3 Å². The van der Waals surface area contributed by atoms with E-state index in [0.717, 1.165) is 14.5 Å². The maximum Gasteiger partial charge on any atom is 0.252 e. The summed E-state index contributed by atoms with van der Waals surface area (Å²) in [5.41, 5.74) is 0.737. The van der Waals surface area contributed by atoms with Gasteiger partial charge in [-0.1, -0.05) is 28.1 Å². The number of amides is 1. The Morgan fingerprint density at radius 3 is 2.79 bits per heavy atom. The van der Waals surface area contributed by atoms with Gasteiger partial charge in [0.15, 0.2) is 0 Å². The first-order valence-electron chi connectivity index (χ1n) is 4.26. The van der Waals surface area contributed by atoms with E-state index in [0.29, 0.717) is 0 Å². The van der Waals surface area contributed by atoms with Crippen LogP contribution in [0.4, 0.5) is 0 Å². The fourth-order valence-electron chi connectivity index (χ4n) is 0.985. The summed E-state index contributed by atoms with van der Waals surface area (Å²) in [5.74, 6) is -0.0121. The third kappa shape index (κ3) is 3.24. The number of hydrogen-bond donors (Lipinski definition) is 1. The van der Waals surface area contributed by atoms with Gasteiger partial charge in [0.1, 0.15) is 0 Å². The van der Waals surface area contributed by atoms with Crippen LogP contribution in [0.15, 0.2) is 24.3 Å². The predicted molar refractivity (Wildman–Crippen MR) is 69.9 cm³/mol. The van der Waals surface area contributed by atoms with Gasteiger partial charge >= 0.3 is 0 Å². The zero-order chi connectivity index (χ0) is 10.6. The molecule has 1 unspecified atom stereocenters. The van der Waals surface area contributed by atoms with Gasteiger partial charge in [0.25, 0.3) is 5.91 Å². The minimum atomic E-state index is -0.0121. The van der Waals surface area contributed by atoms with Crippen LogP contribution >= 0.6 is 38.5 Å². The summed E-state index contributed by atoms with van der Waals surface area (Å²) in [7, 11) is 0. The van der Waals surface area contributed by atoms with Gasteiger partial charge in [0, 0.05) is 14.9 Å². The van der Waals surface area contributed by atoms with Crippen LogP contribution in [0.3, 0.4) is 0 Å². The molecule has 1 atom stereocenters. The van der Waals surface area contributed by atoms with E-state index in [1.807, 2.05) is 31.2 Å². The van der Waals surface area contributed by atoms with Crippen molar-refractivity contribution in [3.05, 3.63) is 33.4 Å². The third-order valence-corrected chi connectivity index (χ3v) is 3.64. The number of carbonyl (C=O) groups is 1. The highest BCUT2D eigenvalue weighted by Crippen LogP contribution is 2.11. The molecule has 14 heavy (non-hydrogen) atoms. The van der Waals surface area contributed by atoms with Crippen molar-refractivity contribution in [1.82, 2.24) is 5.32 Å². The van der Waals surface area contributed by atoms with Gasteiger partial charge in [-0.25, -0.2) is 0 Å². The number of nitrogens with one attached hydrogen (secondary N) is 1. The summed E-state index contributed by atoms with van der Waals surface area (Å²) in [6, 6.07) is 7.70. The monoisotopic (exact) mass is 367 g/mol. The molecular formula is C10H11BrINO. The van der Waals surface area contributed by atoms with E-state index in [2.05, 4.69) is 43.8 Å². The maximum atomic E-state index is 11.7. The molecule has 1 rings (SSSR count). The molecule has 0 saturated carbocycles. The predicted octanol–water partition coefficient (Wildman–Crippen LogP) is 2.80. The number of rotatable bonds is 3. The van der Waals surface area contributed by atoms with E-state index in [9.17, 15) is 4.79 Å². The zero-order valence-electron chi connectivity index (χ0n) is 7.76. The van der Waals surface area contributed by atoms with Gasteiger partial charge in [-0.2, -0.15) is 0 Å². The smallest absolute Gasteiger partial charge is 0.252 e. The summed E-state index contributed by atoms with van der Waals surface area (Å²) >= 11 is 5.48. The van der Waals surface area contributed by atoms with E-state index in [1.165, 1.54) is 0 Å². The van der Waals surface area contributed by atoms with Crippen LogP contribution < -0.4 is 5.32 Å². The number of carbonyl (C=O) groups excluding carboxylic acids is 1. The molecule has 0 radical (unpaired) electrons. The van der Waals surface area contributed by atoms with Crippen molar-refractivity contribution < 1.29 is 4.79 Å². The first-order valence-corrected chi connectivity index (χ1v) is 6.46. The van der Waals surface area contributed by atoms with Crippen LogP contribution in [-0.4, -0.2) is 17.3 Å². The Labute approximate surface area is 106 Å². The number of benzene rings is 1. The summed E-state index contributed by atoms with van der Waals surface area (Å²) < 4.78 is 0.976. The lowest BCUT2D eigenvalue weighted by Crippen LogP contribution is -2.33. The zero-order valence-corrected chi connectivity index (χ0v) is 11.5. The Morgan fingerprint density at radius 1 is 1.57 bits per heavy atom. The highest BCUT2D eigenvalue weighted by Gasteiger charge is 2.10. The average molecular weight is 368 g/mol. The molecule has 1 aromatic rings. The molecule has 4 heteroatoms. The molecule has 0 bridgehead atoms. The number of hydrogen-bond acceptors (Lipinski definition) is 1. The third-order valence-electron chi connectivity index (χ3n) is 1.73. The van der Waals surface area contributed by atoms with Crippen molar-refractivity contribution in [3.8, 4) is 0 Å². The molecule has 0 spiro atoms. The van der Waals surface area contributed by atoms with Crippen molar-refractivity contribution >= 4 is 44.4 Å². The lowest BCUT2D eigenvalue weighted by molar-refractivity contribution is 0.0943. The molecule has 1 amide bonds. The Balaban J connectivity index is 2.75. The first-order chi connectivity index (χ1) is 6.65. The van der Waals surface area contributed by atoms with Crippen molar-refractivity contribution in [2.75, 3.05) is 5.33 Å². The van der Waals surface area contributed by atoms with Crippen molar-refractivity contribution in [3.63, 3.8) is 0 Å². The van der Waals surface area contributed by atoms with E-state index in [4.69, 9.17) is 0 Å². The van der Waals surface area contributed by atoms with Crippen LogP contribution in [-0.2, 0) is 0 Å². The standard InChI is InChI=1S/C10H11BrINO/c1-7(6-11)13-10(14)8-4-2-3-5-9(8)12/h2-5,7H,6H2,1H3,(H,13,14). The quantitative estimate of drug-likeness (QED) is 0.646. The largest absolute Gasteiger partial charge is 0.349 e. The second-order valence-corrected chi connectivity index (χ2v) is 4.82. The molecule has 0 heterocycles. The molecular weight excluding hydrogens is 357 g/mol. The molecule has 0 aliphatic heterocycles. The van der Waals surface area contributed by atoms with Crippen molar-refractivity contribution in [2.24, 2.45) is 0 Å². The summed E-state index contributed by atoms with van der Waals surface area (Å²) in [5, 5.41) is 3.66. The van der Waals surface area contributed by atoms with Crippen LogP contribution in [0.25, 0.3) is 0 Å². The average Bonchev–Trinajstić information content (AvgIpc) is 2.18. The highest BCUT2D eigenvalue weighted by atomic mass is 127. The van der Waals surface area contributed by atoms with E-state index < -0.39 is 0 Å². The van der Waals surface area contributed by atoms with Crippen LogP contribution in [0.2, 0.25) is 0 Å². The fraction of sp³-hybridized carbons (Fsp3) is 0.300. The van der Waals surface area contributed by atoms with Crippen molar-refractivity contribution in [1.29, 1.82) is 0 Å². The van der Waals surface area contributed by atoms with Gasteiger partial charge < -0.3 is 5.32 Å². The van der Waals surface area contributed by atoms with Gasteiger partial charge in [0.2, 0.25) is 0 Å². The highest BCUT2D eigenvalue weighted by molar-refractivity contribution is 14.1. The van der Waals surface area contributed by atoms with E-state index in [-0.39, 0.29) is 11.9 Å². The summed E-state index contributed by atoms with van der Waals surface area (Å²) in [6.07, 6.45) is 0. The molecule has 0 aliphatic carbocycles. The SMILES string of the molecule is CC(CBr)NC(=O)c1ccccc1I.